The molecule has 162 valence electrons. The van der Waals surface area contributed by atoms with E-state index < -0.39 is 0 Å². The number of fused-ring (bicyclic) bond motifs is 1. The van der Waals surface area contributed by atoms with Crippen molar-refractivity contribution < 1.29 is 4.79 Å². The lowest BCUT2D eigenvalue weighted by Crippen LogP contribution is -2.40. The fourth-order valence-corrected chi connectivity index (χ4v) is 5.15. The number of aromatic amines is 1. The van der Waals surface area contributed by atoms with Gasteiger partial charge >= 0.3 is 0 Å². The second-order valence-corrected chi connectivity index (χ2v) is 8.93. The van der Waals surface area contributed by atoms with Crippen LogP contribution in [0.5, 0.6) is 0 Å². The van der Waals surface area contributed by atoms with Crippen molar-refractivity contribution in [3.8, 4) is 0 Å². The zero-order chi connectivity index (χ0) is 21.4. The summed E-state index contributed by atoms with van der Waals surface area (Å²) in [6.07, 6.45) is 7.63. The second kappa shape index (κ2) is 8.29. The van der Waals surface area contributed by atoms with E-state index in [4.69, 9.17) is 10.1 Å². The first-order valence-electron chi connectivity index (χ1n) is 11.4. The number of carbonyl (C=O) groups is 1. The first-order valence-corrected chi connectivity index (χ1v) is 11.4. The van der Waals surface area contributed by atoms with Crippen LogP contribution in [0.15, 0.2) is 35.1 Å². The normalized spacial score (nSPS) is 20.3. The highest BCUT2D eigenvalue weighted by Crippen LogP contribution is 2.31. The average Bonchev–Trinajstić information content (AvgIpc) is 3.16. The predicted octanol–water partition coefficient (Wildman–Crippen LogP) is 3.95. The molecule has 1 aromatic carbocycles. The molecule has 3 heterocycles. The van der Waals surface area contributed by atoms with E-state index in [0.717, 1.165) is 37.9 Å². The Bertz CT molecular complexity index is 1140. The second-order valence-electron chi connectivity index (χ2n) is 8.93. The third-order valence-electron chi connectivity index (χ3n) is 6.79. The van der Waals surface area contributed by atoms with Crippen LogP contribution < -0.4 is 5.56 Å². The summed E-state index contributed by atoms with van der Waals surface area (Å²) in [6.45, 7) is 3.19. The number of benzene rings is 1. The molecule has 1 aliphatic heterocycles. The molecule has 1 N–H and O–H groups in total. The SMILES string of the molecule is Cc1nn(C2CCCCC2)c2nc(C3CCCN(C(=O)c4ccccc4)C3)[nH]c(=O)c12. The van der Waals surface area contributed by atoms with E-state index in [0.29, 0.717) is 35.0 Å². The molecule has 1 aliphatic carbocycles. The summed E-state index contributed by atoms with van der Waals surface area (Å²) in [7, 11) is 0. The molecule has 0 bridgehead atoms. The molecule has 2 fully saturated rings. The van der Waals surface area contributed by atoms with E-state index in [2.05, 4.69) is 4.98 Å². The fraction of sp³-hybridized carbons (Fsp3) is 0.500. The number of rotatable bonds is 3. The molecule has 5 rings (SSSR count). The summed E-state index contributed by atoms with van der Waals surface area (Å²) in [5.41, 5.74) is 2.03. The number of amides is 1. The number of piperidine rings is 1. The molecule has 0 spiro atoms. The van der Waals surface area contributed by atoms with Crippen LogP contribution in [0.25, 0.3) is 11.0 Å². The summed E-state index contributed by atoms with van der Waals surface area (Å²) < 4.78 is 2.00. The Labute approximate surface area is 181 Å². The van der Waals surface area contributed by atoms with E-state index in [-0.39, 0.29) is 17.4 Å². The molecule has 2 aromatic heterocycles. The molecule has 1 saturated heterocycles. The van der Waals surface area contributed by atoms with Crippen molar-refractivity contribution >= 4 is 16.9 Å². The highest BCUT2D eigenvalue weighted by atomic mass is 16.2. The topological polar surface area (TPSA) is 83.9 Å². The van der Waals surface area contributed by atoms with Gasteiger partial charge in [-0.25, -0.2) is 9.67 Å². The molecule has 1 atom stereocenters. The van der Waals surface area contributed by atoms with Crippen LogP contribution in [-0.2, 0) is 0 Å². The van der Waals surface area contributed by atoms with Crippen molar-refractivity contribution in [2.24, 2.45) is 0 Å². The summed E-state index contributed by atoms with van der Waals surface area (Å²) in [4.78, 5) is 35.7. The minimum absolute atomic E-state index is 0.0218. The Kier molecular flexibility index (Phi) is 5.34. The summed E-state index contributed by atoms with van der Waals surface area (Å²) in [5.74, 6) is 0.741. The molecule has 2 aliphatic rings. The number of aryl methyl sites for hydroxylation is 1. The van der Waals surface area contributed by atoms with Crippen molar-refractivity contribution in [2.75, 3.05) is 13.1 Å². The lowest BCUT2D eigenvalue weighted by molar-refractivity contribution is 0.0704. The number of hydrogen-bond acceptors (Lipinski definition) is 4. The van der Waals surface area contributed by atoms with Gasteiger partial charge in [-0.1, -0.05) is 37.5 Å². The first kappa shape index (κ1) is 20.0. The van der Waals surface area contributed by atoms with Crippen LogP contribution in [-0.4, -0.2) is 43.6 Å². The number of carbonyl (C=O) groups excluding carboxylic acids is 1. The minimum atomic E-state index is -0.119. The van der Waals surface area contributed by atoms with Gasteiger partial charge < -0.3 is 9.88 Å². The molecule has 31 heavy (non-hydrogen) atoms. The van der Waals surface area contributed by atoms with Gasteiger partial charge in [-0.2, -0.15) is 5.10 Å². The Morgan fingerprint density at radius 1 is 1.06 bits per heavy atom. The fourth-order valence-electron chi connectivity index (χ4n) is 5.15. The number of nitrogens with one attached hydrogen (secondary N) is 1. The van der Waals surface area contributed by atoms with E-state index in [1.54, 1.807) is 0 Å². The van der Waals surface area contributed by atoms with E-state index in [1.807, 2.05) is 46.8 Å². The first-order chi connectivity index (χ1) is 15.1. The van der Waals surface area contributed by atoms with E-state index >= 15 is 0 Å². The lowest BCUT2D eigenvalue weighted by Gasteiger charge is -2.32. The van der Waals surface area contributed by atoms with Crippen molar-refractivity contribution in [3.63, 3.8) is 0 Å². The largest absolute Gasteiger partial charge is 0.338 e. The van der Waals surface area contributed by atoms with E-state index in [9.17, 15) is 9.59 Å². The van der Waals surface area contributed by atoms with Gasteiger partial charge in [-0.05, 0) is 44.7 Å². The Balaban J connectivity index is 1.47. The number of likely N-dealkylation sites (tertiary alicyclic amines) is 1. The van der Waals surface area contributed by atoms with Crippen molar-refractivity contribution in [1.29, 1.82) is 0 Å². The van der Waals surface area contributed by atoms with Gasteiger partial charge in [0.1, 0.15) is 11.2 Å². The molecular weight excluding hydrogens is 390 g/mol. The quantitative estimate of drug-likeness (QED) is 0.697. The number of H-pyrrole nitrogens is 1. The number of nitrogens with zero attached hydrogens (tertiary/aromatic N) is 4. The minimum Gasteiger partial charge on any atom is -0.338 e. The molecule has 1 unspecified atom stereocenters. The maximum Gasteiger partial charge on any atom is 0.262 e. The molecule has 1 saturated carbocycles. The molecular formula is C24H29N5O2. The van der Waals surface area contributed by atoms with E-state index in [1.165, 1.54) is 19.3 Å². The summed E-state index contributed by atoms with van der Waals surface area (Å²) >= 11 is 0. The molecule has 7 heteroatoms. The predicted molar refractivity (Wildman–Crippen MR) is 119 cm³/mol. The third-order valence-corrected chi connectivity index (χ3v) is 6.79. The highest BCUT2D eigenvalue weighted by molar-refractivity contribution is 5.94. The van der Waals surface area contributed by atoms with Crippen molar-refractivity contribution in [2.45, 2.75) is 63.8 Å². The highest BCUT2D eigenvalue weighted by Gasteiger charge is 2.29. The van der Waals surface area contributed by atoms with Crippen LogP contribution in [0.4, 0.5) is 0 Å². The van der Waals surface area contributed by atoms with Gasteiger partial charge in [0.25, 0.3) is 11.5 Å². The maximum atomic E-state index is 13.0. The summed E-state index contributed by atoms with van der Waals surface area (Å²) in [5, 5.41) is 5.31. The Morgan fingerprint density at radius 2 is 1.84 bits per heavy atom. The van der Waals surface area contributed by atoms with Gasteiger partial charge in [0, 0.05) is 24.6 Å². The molecule has 0 radical (unpaired) electrons. The van der Waals surface area contributed by atoms with Crippen LogP contribution in [0.2, 0.25) is 0 Å². The number of aromatic nitrogens is 4. The van der Waals surface area contributed by atoms with Gasteiger partial charge in [-0.15, -0.1) is 0 Å². The zero-order valence-corrected chi connectivity index (χ0v) is 18.0. The van der Waals surface area contributed by atoms with Crippen LogP contribution in [0.1, 0.15) is 78.8 Å². The van der Waals surface area contributed by atoms with Crippen LogP contribution in [0, 0.1) is 6.92 Å². The third kappa shape index (κ3) is 3.77. The van der Waals surface area contributed by atoms with Crippen LogP contribution in [0.3, 0.4) is 0 Å². The van der Waals surface area contributed by atoms with Gasteiger partial charge in [0.2, 0.25) is 0 Å². The Hall–Kier alpha value is -2.96. The molecule has 7 nitrogen and oxygen atoms in total. The average molecular weight is 420 g/mol. The zero-order valence-electron chi connectivity index (χ0n) is 18.0. The van der Waals surface area contributed by atoms with Gasteiger partial charge in [-0.3, -0.25) is 9.59 Å². The lowest BCUT2D eigenvalue weighted by atomic mass is 9.95. The maximum absolute atomic E-state index is 13.0. The van der Waals surface area contributed by atoms with Gasteiger partial charge in [0.15, 0.2) is 5.65 Å². The molecule has 1 amide bonds. The van der Waals surface area contributed by atoms with Crippen LogP contribution >= 0.6 is 0 Å². The Morgan fingerprint density at radius 3 is 2.61 bits per heavy atom. The summed E-state index contributed by atoms with van der Waals surface area (Å²) in [6, 6.07) is 9.70. The van der Waals surface area contributed by atoms with Crippen molar-refractivity contribution in [1.82, 2.24) is 24.6 Å². The van der Waals surface area contributed by atoms with Gasteiger partial charge in [0.05, 0.1) is 11.7 Å². The van der Waals surface area contributed by atoms with Crippen molar-refractivity contribution in [3.05, 3.63) is 57.8 Å². The number of hydrogen-bond donors (Lipinski definition) is 1. The molecule has 3 aromatic rings. The smallest absolute Gasteiger partial charge is 0.262 e. The monoisotopic (exact) mass is 419 g/mol. The standard InChI is InChI=1S/C24H29N5O2/c1-16-20-22(29(27-16)19-12-6-3-7-13-19)25-21(26-23(20)30)18-11-8-14-28(15-18)24(31)17-9-4-2-5-10-17/h2,4-5,9-10,18-19H,3,6-8,11-15H2,1H3,(H,25,26,30).